The molecule has 0 saturated heterocycles. The maximum Gasteiger partial charge on any atom is 0.416 e. The van der Waals surface area contributed by atoms with Crippen molar-refractivity contribution in [3.63, 3.8) is 0 Å². The summed E-state index contributed by atoms with van der Waals surface area (Å²) in [6.07, 6.45) is -3.25. The molecule has 3 nitrogen and oxygen atoms in total. The SMILES string of the molecule is CC(C)NCc1coc(-c2cc(C(F)(F)F)ccc2F)n1. The number of hydrogen-bond donors (Lipinski definition) is 1. The summed E-state index contributed by atoms with van der Waals surface area (Å²) in [6.45, 7) is 4.27. The molecule has 0 fully saturated rings. The van der Waals surface area contributed by atoms with E-state index in [4.69, 9.17) is 4.42 Å². The zero-order valence-corrected chi connectivity index (χ0v) is 11.5. The van der Waals surface area contributed by atoms with Crippen molar-refractivity contribution >= 4 is 0 Å². The minimum absolute atomic E-state index is 0.167. The quantitative estimate of drug-likeness (QED) is 0.868. The largest absolute Gasteiger partial charge is 0.444 e. The van der Waals surface area contributed by atoms with E-state index >= 15 is 0 Å². The molecule has 1 heterocycles. The van der Waals surface area contributed by atoms with Crippen molar-refractivity contribution in [1.82, 2.24) is 10.3 Å². The smallest absolute Gasteiger partial charge is 0.416 e. The van der Waals surface area contributed by atoms with E-state index in [2.05, 4.69) is 10.3 Å². The van der Waals surface area contributed by atoms with Crippen LogP contribution in [0.25, 0.3) is 11.5 Å². The summed E-state index contributed by atoms with van der Waals surface area (Å²) in [7, 11) is 0. The Morgan fingerprint density at radius 2 is 2.00 bits per heavy atom. The highest BCUT2D eigenvalue weighted by molar-refractivity contribution is 5.56. The zero-order valence-electron chi connectivity index (χ0n) is 11.5. The summed E-state index contributed by atoms with van der Waals surface area (Å²) in [6, 6.07) is 2.36. The van der Waals surface area contributed by atoms with E-state index in [1.54, 1.807) is 0 Å². The van der Waals surface area contributed by atoms with Gasteiger partial charge < -0.3 is 9.73 Å². The third-order valence-corrected chi connectivity index (χ3v) is 2.77. The molecule has 0 radical (unpaired) electrons. The number of rotatable bonds is 4. The van der Waals surface area contributed by atoms with Crippen molar-refractivity contribution in [2.45, 2.75) is 32.6 Å². The van der Waals surface area contributed by atoms with Gasteiger partial charge in [-0.25, -0.2) is 9.37 Å². The van der Waals surface area contributed by atoms with E-state index in [-0.39, 0.29) is 17.5 Å². The number of halogens is 4. The van der Waals surface area contributed by atoms with Gasteiger partial charge >= 0.3 is 6.18 Å². The molecule has 1 aromatic carbocycles. The van der Waals surface area contributed by atoms with E-state index in [1.165, 1.54) is 6.26 Å². The number of benzene rings is 1. The van der Waals surface area contributed by atoms with Crippen LogP contribution in [0.2, 0.25) is 0 Å². The minimum atomic E-state index is -4.54. The van der Waals surface area contributed by atoms with Crippen molar-refractivity contribution in [1.29, 1.82) is 0 Å². The molecular weight excluding hydrogens is 288 g/mol. The molecule has 2 aromatic rings. The second-order valence-corrected chi connectivity index (χ2v) is 4.87. The van der Waals surface area contributed by atoms with Crippen LogP contribution in [0.1, 0.15) is 25.1 Å². The van der Waals surface area contributed by atoms with Gasteiger partial charge in [-0.2, -0.15) is 13.2 Å². The molecule has 1 N–H and O–H groups in total. The first-order valence-corrected chi connectivity index (χ1v) is 6.32. The maximum atomic E-state index is 13.7. The molecule has 0 spiro atoms. The van der Waals surface area contributed by atoms with E-state index in [1.807, 2.05) is 13.8 Å². The lowest BCUT2D eigenvalue weighted by atomic mass is 10.1. The molecular formula is C14H14F4N2O. The van der Waals surface area contributed by atoms with E-state index in [0.717, 1.165) is 6.07 Å². The van der Waals surface area contributed by atoms with Gasteiger partial charge in [-0.3, -0.25) is 0 Å². The summed E-state index contributed by atoms with van der Waals surface area (Å²) in [5, 5.41) is 3.08. The molecule has 0 bridgehead atoms. The predicted molar refractivity (Wildman–Crippen MR) is 68.9 cm³/mol. The molecule has 7 heteroatoms. The number of nitrogens with zero attached hydrogens (tertiary/aromatic N) is 1. The van der Waals surface area contributed by atoms with Crippen LogP contribution < -0.4 is 5.32 Å². The molecule has 0 atom stereocenters. The van der Waals surface area contributed by atoms with Crippen molar-refractivity contribution < 1.29 is 22.0 Å². The van der Waals surface area contributed by atoms with Crippen LogP contribution in [-0.2, 0) is 12.7 Å². The van der Waals surface area contributed by atoms with Gasteiger partial charge in [0.25, 0.3) is 0 Å². The predicted octanol–water partition coefficient (Wildman–Crippen LogP) is 4.00. The number of aromatic nitrogens is 1. The lowest BCUT2D eigenvalue weighted by Gasteiger charge is -2.08. The van der Waals surface area contributed by atoms with Crippen LogP contribution in [0.4, 0.5) is 17.6 Å². The fourth-order valence-corrected chi connectivity index (χ4v) is 1.69. The van der Waals surface area contributed by atoms with Crippen LogP contribution in [0.3, 0.4) is 0 Å². The fourth-order valence-electron chi connectivity index (χ4n) is 1.69. The first kappa shape index (κ1) is 15.5. The Hall–Kier alpha value is -1.89. The van der Waals surface area contributed by atoms with Crippen LogP contribution in [0.15, 0.2) is 28.9 Å². The Balaban J connectivity index is 2.29. The van der Waals surface area contributed by atoms with Crippen molar-refractivity contribution in [3.05, 3.63) is 41.5 Å². The van der Waals surface area contributed by atoms with E-state index in [0.29, 0.717) is 24.4 Å². The Labute approximate surface area is 119 Å². The van der Waals surface area contributed by atoms with E-state index < -0.39 is 17.6 Å². The van der Waals surface area contributed by atoms with Crippen molar-refractivity contribution in [2.75, 3.05) is 0 Å². The summed E-state index contributed by atoms with van der Waals surface area (Å²) in [4.78, 5) is 4.00. The Morgan fingerprint density at radius 3 is 2.62 bits per heavy atom. The van der Waals surface area contributed by atoms with Gasteiger partial charge in [-0.1, -0.05) is 13.8 Å². The third-order valence-electron chi connectivity index (χ3n) is 2.77. The second-order valence-electron chi connectivity index (χ2n) is 4.87. The highest BCUT2D eigenvalue weighted by Gasteiger charge is 2.31. The highest BCUT2D eigenvalue weighted by atomic mass is 19.4. The average Bonchev–Trinajstić information content (AvgIpc) is 2.84. The van der Waals surface area contributed by atoms with Gasteiger partial charge in [0, 0.05) is 12.6 Å². The molecule has 0 saturated carbocycles. The van der Waals surface area contributed by atoms with Crippen LogP contribution in [0, 0.1) is 5.82 Å². The maximum absolute atomic E-state index is 13.7. The molecule has 21 heavy (non-hydrogen) atoms. The van der Waals surface area contributed by atoms with Gasteiger partial charge in [0.1, 0.15) is 12.1 Å². The average molecular weight is 302 g/mol. The molecule has 0 aliphatic rings. The number of oxazole rings is 1. The molecule has 0 amide bonds. The van der Waals surface area contributed by atoms with Gasteiger partial charge in [0.05, 0.1) is 16.8 Å². The Kier molecular flexibility index (Phi) is 4.32. The minimum Gasteiger partial charge on any atom is -0.444 e. The van der Waals surface area contributed by atoms with Gasteiger partial charge in [0.2, 0.25) is 5.89 Å². The van der Waals surface area contributed by atoms with Crippen molar-refractivity contribution in [2.24, 2.45) is 0 Å². The Bertz CT molecular complexity index is 620. The summed E-state index contributed by atoms with van der Waals surface area (Å²) >= 11 is 0. The number of hydrogen-bond acceptors (Lipinski definition) is 3. The summed E-state index contributed by atoms with van der Waals surface area (Å²) in [5.41, 5.74) is -0.755. The fraction of sp³-hybridized carbons (Fsp3) is 0.357. The zero-order chi connectivity index (χ0) is 15.6. The molecule has 114 valence electrons. The first-order chi connectivity index (χ1) is 9.77. The molecule has 0 unspecified atom stereocenters. The highest BCUT2D eigenvalue weighted by Crippen LogP contribution is 2.33. The monoisotopic (exact) mass is 302 g/mol. The lowest BCUT2D eigenvalue weighted by Crippen LogP contribution is -2.21. The lowest BCUT2D eigenvalue weighted by molar-refractivity contribution is -0.137. The van der Waals surface area contributed by atoms with Crippen LogP contribution >= 0.6 is 0 Å². The van der Waals surface area contributed by atoms with Crippen LogP contribution in [-0.4, -0.2) is 11.0 Å². The normalized spacial score (nSPS) is 12.1. The molecule has 1 aromatic heterocycles. The van der Waals surface area contributed by atoms with Crippen LogP contribution in [0.5, 0.6) is 0 Å². The van der Waals surface area contributed by atoms with Crippen molar-refractivity contribution in [3.8, 4) is 11.5 Å². The summed E-state index contributed by atoms with van der Waals surface area (Å²) < 4.78 is 56.7. The second kappa shape index (κ2) is 5.85. The van der Waals surface area contributed by atoms with Gasteiger partial charge in [-0.15, -0.1) is 0 Å². The molecule has 2 rings (SSSR count). The van der Waals surface area contributed by atoms with Gasteiger partial charge in [-0.05, 0) is 18.2 Å². The van der Waals surface area contributed by atoms with Gasteiger partial charge in [0.15, 0.2) is 0 Å². The summed E-state index contributed by atoms with van der Waals surface area (Å²) in [5.74, 6) is -0.979. The topological polar surface area (TPSA) is 38.1 Å². The molecule has 0 aliphatic carbocycles. The molecule has 0 aliphatic heterocycles. The standard InChI is InChI=1S/C14H14F4N2O/c1-8(2)19-6-10-7-21-13(20-10)11-5-9(14(16,17)18)3-4-12(11)15/h3-5,7-8,19H,6H2,1-2H3. The third kappa shape index (κ3) is 3.81. The number of nitrogens with one attached hydrogen (secondary N) is 1. The first-order valence-electron chi connectivity index (χ1n) is 6.32. The number of alkyl halides is 3. The Morgan fingerprint density at radius 1 is 1.29 bits per heavy atom. The van der Waals surface area contributed by atoms with E-state index in [9.17, 15) is 17.6 Å².